The van der Waals surface area contributed by atoms with Crippen molar-refractivity contribution in [1.82, 2.24) is 14.8 Å². The summed E-state index contributed by atoms with van der Waals surface area (Å²) in [6, 6.07) is 6.05. The minimum atomic E-state index is -4.36. The van der Waals surface area contributed by atoms with Gasteiger partial charge in [-0.25, -0.2) is 24.4 Å². The average Bonchev–Trinajstić information content (AvgIpc) is 2.92. The summed E-state index contributed by atoms with van der Waals surface area (Å²) in [5, 5.41) is 4.33. The van der Waals surface area contributed by atoms with Crippen molar-refractivity contribution in [3.05, 3.63) is 45.2 Å². The molecule has 1 saturated heterocycles. The van der Waals surface area contributed by atoms with Crippen molar-refractivity contribution in [3.8, 4) is 11.4 Å². The predicted octanol–water partition coefficient (Wildman–Crippen LogP) is 1.73. The minimum Gasteiger partial charge on any atom is -0.491 e. The number of hydrogen-bond acceptors (Lipinski definition) is 4. The zero-order valence-electron chi connectivity index (χ0n) is 13.0. The van der Waals surface area contributed by atoms with Gasteiger partial charge in [0.05, 0.1) is 11.8 Å². The van der Waals surface area contributed by atoms with Crippen LogP contribution in [0.4, 0.5) is 13.2 Å². The second-order valence-corrected chi connectivity index (χ2v) is 5.72. The van der Waals surface area contributed by atoms with Crippen LogP contribution in [0.5, 0.6) is 5.75 Å². The van der Waals surface area contributed by atoms with Crippen LogP contribution in [-0.2, 0) is 4.74 Å². The van der Waals surface area contributed by atoms with Gasteiger partial charge in [0.2, 0.25) is 0 Å². The van der Waals surface area contributed by atoms with Crippen LogP contribution in [0, 0.1) is 0 Å². The molecule has 2 unspecified atom stereocenters. The summed E-state index contributed by atoms with van der Waals surface area (Å²) in [5.74, 6) is 0.404. The quantitative estimate of drug-likeness (QED) is 0.870. The number of rotatable bonds is 4. The Balaban J connectivity index is 1.61. The van der Waals surface area contributed by atoms with E-state index < -0.39 is 29.8 Å². The Morgan fingerprint density at radius 3 is 2.36 bits per heavy atom. The zero-order chi connectivity index (χ0) is 18.0. The molecule has 25 heavy (non-hydrogen) atoms. The molecule has 2 atom stereocenters. The summed E-state index contributed by atoms with van der Waals surface area (Å²) in [7, 11) is 0. The molecule has 0 bridgehead atoms. The van der Waals surface area contributed by atoms with Crippen LogP contribution in [0.15, 0.2) is 33.9 Å². The van der Waals surface area contributed by atoms with Gasteiger partial charge >= 0.3 is 17.6 Å². The fourth-order valence-corrected chi connectivity index (χ4v) is 2.69. The molecule has 3 rings (SSSR count). The number of halogens is 3. The van der Waals surface area contributed by atoms with Crippen molar-refractivity contribution in [2.24, 2.45) is 0 Å². The molecule has 7 nitrogen and oxygen atoms in total. The van der Waals surface area contributed by atoms with Gasteiger partial charge in [-0.3, -0.25) is 0 Å². The molecule has 10 heteroatoms. The Morgan fingerprint density at radius 1 is 1.12 bits per heavy atom. The maximum Gasteiger partial charge on any atom is 0.414 e. The molecule has 0 radical (unpaired) electrons. The fraction of sp³-hybridized carbons (Fsp3) is 0.467. The SMILES string of the molecule is O=c1[nH][nH]c(=O)n1-c1ccc(OCC2CCCC(C(F)(F)F)O2)cc1. The topological polar surface area (TPSA) is 89.1 Å². The standard InChI is InChI=1S/C15H16F3N3O4/c16-15(17,18)12-3-1-2-11(25-12)8-24-10-6-4-9(5-7-10)21-13(22)19-20-14(21)23/h4-7,11-12H,1-3,8H2,(H,19,22)(H,20,23). The fourth-order valence-electron chi connectivity index (χ4n) is 2.69. The Hall–Kier alpha value is -2.49. The lowest BCUT2D eigenvalue weighted by Crippen LogP contribution is -2.40. The summed E-state index contributed by atoms with van der Waals surface area (Å²) in [5.41, 5.74) is -0.870. The summed E-state index contributed by atoms with van der Waals surface area (Å²) >= 11 is 0. The van der Waals surface area contributed by atoms with Gasteiger partial charge < -0.3 is 9.47 Å². The van der Waals surface area contributed by atoms with Crippen LogP contribution >= 0.6 is 0 Å². The molecule has 136 valence electrons. The lowest BCUT2D eigenvalue weighted by Gasteiger charge is -2.31. The van der Waals surface area contributed by atoms with E-state index in [4.69, 9.17) is 9.47 Å². The monoisotopic (exact) mass is 359 g/mol. The van der Waals surface area contributed by atoms with E-state index in [0.29, 0.717) is 24.3 Å². The molecular weight excluding hydrogens is 343 g/mol. The molecule has 0 amide bonds. The maximum atomic E-state index is 12.7. The molecular formula is C15H16F3N3O4. The summed E-state index contributed by atoms with van der Waals surface area (Å²) < 4.78 is 49.5. The Bertz CT molecular complexity index is 795. The highest BCUT2D eigenvalue weighted by molar-refractivity contribution is 5.36. The van der Waals surface area contributed by atoms with E-state index >= 15 is 0 Å². The molecule has 2 aromatic rings. The van der Waals surface area contributed by atoms with Crippen molar-refractivity contribution >= 4 is 0 Å². The average molecular weight is 359 g/mol. The molecule has 1 aliphatic rings. The lowest BCUT2D eigenvalue weighted by molar-refractivity contribution is -0.247. The number of nitrogens with zero attached hydrogens (tertiary/aromatic N) is 1. The van der Waals surface area contributed by atoms with E-state index in [9.17, 15) is 22.8 Å². The molecule has 1 aromatic carbocycles. The third-order valence-corrected chi connectivity index (χ3v) is 3.93. The molecule has 1 aliphatic heterocycles. The first-order valence-corrected chi connectivity index (χ1v) is 7.70. The van der Waals surface area contributed by atoms with E-state index in [2.05, 4.69) is 10.2 Å². The third-order valence-electron chi connectivity index (χ3n) is 3.93. The van der Waals surface area contributed by atoms with Gasteiger partial charge in [-0.05, 0) is 43.5 Å². The highest BCUT2D eigenvalue weighted by atomic mass is 19.4. The van der Waals surface area contributed by atoms with E-state index in [1.54, 1.807) is 0 Å². The number of nitrogens with one attached hydrogen (secondary N) is 2. The first kappa shape index (κ1) is 17.3. The number of benzene rings is 1. The van der Waals surface area contributed by atoms with Crippen molar-refractivity contribution in [2.75, 3.05) is 6.61 Å². The maximum absolute atomic E-state index is 12.7. The van der Waals surface area contributed by atoms with E-state index in [1.807, 2.05) is 0 Å². The van der Waals surface area contributed by atoms with E-state index in [1.165, 1.54) is 24.3 Å². The second kappa shape index (κ2) is 6.79. The van der Waals surface area contributed by atoms with Gasteiger partial charge in [0.15, 0.2) is 6.10 Å². The van der Waals surface area contributed by atoms with Crippen LogP contribution < -0.4 is 16.1 Å². The first-order valence-electron chi connectivity index (χ1n) is 7.70. The Labute approximate surface area is 139 Å². The van der Waals surface area contributed by atoms with Crippen LogP contribution in [0.2, 0.25) is 0 Å². The van der Waals surface area contributed by atoms with Crippen molar-refractivity contribution in [1.29, 1.82) is 0 Å². The van der Waals surface area contributed by atoms with Crippen LogP contribution in [0.3, 0.4) is 0 Å². The van der Waals surface area contributed by atoms with Crippen molar-refractivity contribution < 1.29 is 22.6 Å². The van der Waals surface area contributed by atoms with E-state index in [0.717, 1.165) is 4.57 Å². The predicted molar refractivity (Wildman–Crippen MR) is 81.1 cm³/mol. The number of alkyl halides is 3. The second-order valence-electron chi connectivity index (χ2n) is 5.72. The largest absolute Gasteiger partial charge is 0.491 e. The normalized spacial score (nSPS) is 21.2. The van der Waals surface area contributed by atoms with Crippen LogP contribution in [0.1, 0.15) is 19.3 Å². The molecule has 0 spiro atoms. The van der Waals surface area contributed by atoms with Gasteiger partial charge in [-0.2, -0.15) is 13.2 Å². The summed E-state index contributed by atoms with van der Waals surface area (Å²) in [6.45, 7) is -0.00336. The molecule has 1 fully saturated rings. The zero-order valence-corrected chi connectivity index (χ0v) is 13.0. The highest BCUT2D eigenvalue weighted by Gasteiger charge is 2.43. The smallest absolute Gasteiger partial charge is 0.414 e. The van der Waals surface area contributed by atoms with Gasteiger partial charge in [-0.15, -0.1) is 0 Å². The lowest BCUT2D eigenvalue weighted by atomic mass is 10.0. The highest BCUT2D eigenvalue weighted by Crippen LogP contribution is 2.32. The molecule has 0 aliphatic carbocycles. The Morgan fingerprint density at radius 2 is 1.76 bits per heavy atom. The Kier molecular flexibility index (Phi) is 4.71. The number of aromatic amines is 2. The van der Waals surface area contributed by atoms with Gasteiger partial charge in [0.1, 0.15) is 12.4 Å². The van der Waals surface area contributed by atoms with Crippen LogP contribution in [0.25, 0.3) is 5.69 Å². The summed E-state index contributed by atoms with van der Waals surface area (Å²) in [4.78, 5) is 23.0. The van der Waals surface area contributed by atoms with Crippen LogP contribution in [-0.4, -0.2) is 39.8 Å². The molecule has 0 saturated carbocycles. The first-order chi connectivity index (χ1) is 11.8. The number of hydrogen-bond donors (Lipinski definition) is 2. The van der Waals surface area contributed by atoms with Gasteiger partial charge in [0, 0.05) is 0 Å². The van der Waals surface area contributed by atoms with Gasteiger partial charge in [0.25, 0.3) is 0 Å². The number of H-pyrrole nitrogens is 2. The number of aromatic nitrogens is 3. The van der Waals surface area contributed by atoms with Crippen molar-refractivity contribution in [3.63, 3.8) is 0 Å². The molecule has 2 N–H and O–H groups in total. The molecule has 2 heterocycles. The summed E-state index contributed by atoms with van der Waals surface area (Å²) in [6.07, 6.45) is -5.85. The van der Waals surface area contributed by atoms with Gasteiger partial charge in [-0.1, -0.05) is 0 Å². The number of ether oxygens (including phenoxy) is 2. The minimum absolute atomic E-state index is 0.00336. The van der Waals surface area contributed by atoms with Crippen molar-refractivity contribution in [2.45, 2.75) is 37.6 Å². The van der Waals surface area contributed by atoms with E-state index in [-0.39, 0.29) is 13.0 Å². The molecule has 1 aromatic heterocycles. The third kappa shape index (κ3) is 3.95.